The van der Waals surface area contributed by atoms with Gasteiger partial charge in [-0.2, -0.15) is 0 Å². The third-order valence-electron chi connectivity index (χ3n) is 4.77. The minimum atomic E-state index is -0.162. The SMILES string of the molecule is CCCCCCCOc1ccc(NC(=O)CNc2cccc(C(=O)NCCC)c2)cc1. The van der Waals surface area contributed by atoms with Crippen molar-refractivity contribution < 1.29 is 14.3 Å². The highest BCUT2D eigenvalue weighted by Crippen LogP contribution is 2.16. The van der Waals surface area contributed by atoms with Crippen molar-refractivity contribution in [1.29, 1.82) is 0 Å². The van der Waals surface area contributed by atoms with Crippen molar-refractivity contribution in [3.05, 3.63) is 54.1 Å². The van der Waals surface area contributed by atoms with Gasteiger partial charge in [-0.15, -0.1) is 0 Å². The molecule has 0 saturated heterocycles. The summed E-state index contributed by atoms with van der Waals surface area (Å²) in [5.74, 6) is 0.536. The Morgan fingerprint density at radius 1 is 0.871 bits per heavy atom. The summed E-state index contributed by atoms with van der Waals surface area (Å²) < 4.78 is 5.75. The number of nitrogens with one attached hydrogen (secondary N) is 3. The second-order valence-corrected chi connectivity index (χ2v) is 7.53. The molecule has 0 aromatic heterocycles. The molecule has 0 fully saturated rings. The van der Waals surface area contributed by atoms with Crippen molar-refractivity contribution in [3.8, 4) is 5.75 Å². The fourth-order valence-electron chi connectivity index (χ4n) is 3.03. The molecule has 0 radical (unpaired) electrons. The van der Waals surface area contributed by atoms with E-state index in [0.29, 0.717) is 12.1 Å². The van der Waals surface area contributed by atoms with Crippen LogP contribution >= 0.6 is 0 Å². The van der Waals surface area contributed by atoms with Crippen LogP contribution in [0, 0.1) is 0 Å². The van der Waals surface area contributed by atoms with E-state index < -0.39 is 0 Å². The summed E-state index contributed by atoms with van der Waals surface area (Å²) in [6.07, 6.45) is 6.92. The maximum Gasteiger partial charge on any atom is 0.251 e. The van der Waals surface area contributed by atoms with Gasteiger partial charge in [0.15, 0.2) is 0 Å². The first-order chi connectivity index (χ1) is 15.1. The Bertz CT molecular complexity index is 806. The van der Waals surface area contributed by atoms with Crippen molar-refractivity contribution >= 4 is 23.2 Å². The molecular formula is C25H35N3O3. The fraction of sp³-hybridized carbons (Fsp3) is 0.440. The molecule has 2 aromatic carbocycles. The molecule has 0 heterocycles. The highest BCUT2D eigenvalue weighted by atomic mass is 16.5. The Morgan fingerprint density at radius 3 is 2.39 bits per heavy atom. The predicted octanol–water partition coefficient (Wildman–Crippen LogP) is 5.23. The van der Waals surface area contributed by atoms with E-state index in [1.54, 1.807) is 18.2 Å². The lowest BCUT2D eigenvalue weighted by atomic mass is 10.2. The van der Waals surface area contributed by atoms with Gasteiger partial charge < -0.3 is 20.7 Å². The van der Waals surface area contributed by atoms with E-state index in [4.69, 9.17) is 4.74 Å². The summed E-state index contributed by atoms with van der Waals surface area (Å²) in [5, 5.41) is 8.76. The maximum absolute atomic E-state index is 12.2. The number of unbranched alkanes of at least 4 members (excludes halogenated alkanes) is 4. The first-order valence-corrected chi connectivity index (χ1v) is 11.3. The van der Waals surface area contributed by atoms with Gasteiger partial charge in [0.05, 0.1) is 13.2 Å². The second kappa shape index (κ2) is 14.1. The first-order valence-electron chi connectivity index (χ1n) is 11.3. The van der Waals surface area contributed by atoms with Gasteiger partial charge in [0.25, 0.3) is 5.91 Å². The van der Waals surface area contributed by atoms with Crippen molar-refractivity contribution in [3.63, 3.8) is 0 Å². The first kappa shape index (κ1) is 24.3. The van der Waals surface area contributed by atoms with E-state index in [1.165, 1.54) is 25.7 Å². The number of rotatable bonds is 14. The van der Waals surface area contributed by atoms with Crippen LogP contribution in [-0.4, -0.2) is 31.5 Å². The Balaban J connectivity index is 1.73. The van der Waals surface area contributed by atoms with Crippen LogP contribution in [-0.2, 0) is 4.79 Å². The smallest absolute Gasteiger partial charge is 0.251 e. The minimum absolute atomic E-state index is 0.107. The molecule has 31 heavy (non-hydrogen) atoms. The zero-order chi connectivity index (χ0) is 22.3. The van der Waals surface area contributed by atoms with Gasteiger partial charge >= 0.3 is 0 Å². The van der Waals surface area contributed by atoms with Gasteiger partial charge in [-0.3, -0.25) is 9.59 Å². The van der Waals surface area contributed by atoms with Gasteiger partial charge in [-0.05, 0) is 55.3 Å². The predicted molar refractivity (Wildman–Crippen MR) is 127 cm³/mol. The van der Waals surface area contributed by atoms with Gasteiger partial charge in [-0.1, -0.05) is 45.6 Å². The van der Waals surface area contributed by atoms with E-state index in [0.717, 1.165) is 36.6 Å². The largest absolute Gasteiger partial charge is 0.494 e. The van der Waals surface area contributed by atoms with Crippen LogP contribution < -0.4 is 20.7 Å². The summed E-state index contributed by atoms with van der Waals surface area (Å²) in [4.78, 5) is 24.3. The van der Waals surface area contributed by atoms with Crippen LogP contribution in [0.5, 0.6) is 5.75 Å². The maximum atomic E-state index is 12.2. The van der Waals surface area contributed by atoms with Crippen LogP contribution in [0.2, 0.25) is 0 Å². The van der Waals surface area contributed by atoms with Crippen LogP contribution in [0.4, 0.5) is 11.4 Å². The van der Waals surface area contributed by atoms with Gasteiger partial charge in [0, 0.05) is 23.5 Å². The Labute approximate surface area is 185 Å². The lowest BCUT2D eigenvalue weighted by Crippen LogP contribution is -2.24. The van der Waals surface area contributed by atoms with E-state index in [2.05, 4.69) is 22.9 Å². The monoisotopic (exact) mass is 425 g/mol. The van der Waals surface area contributed by atoms with Crippen molar-refractivity contribution in [2.24, 2.45) is 0 Å². The van der Waals surface area contributed by atoms with Gasteiger partial charge in [-0.25, -0.2) is 0 Å². The standard InChI is InChI=1S/C25H35N3O3/c1-3-5-6-7-8-17-31-23-14-12-21(13-15-23)28-24(29)19-27-22-11-9-10-20(18-22)25(30)26-16-4-2/h9-15,18,27H,3-8,16-17,19H2,1-2H3,(H,26,30)(H,28,29). The molecule has 6 heteroatoms. The molecule has 0 saturated carbocycles. The number of amides is 2. The Hall–Kier alpha value is -3.02. The molecule has 6 nitrogen and oxygen atoms in total. The van der Waals surface area contributed by atoms with E-state index in [-0.39, 0.29) is 18.4 Å². The molecule has 2 rings (SSSR count). The molecule has 0 aliphatic rings. The summed E-state index contributed by atoms with van der Waals surface area (Å²) in [6, 6.07) is 14.5. The third kappa shape index (κ3) is 9.55. The number of anilines is 2. The fourth-order valence-corrected chi connectivity index (χ4v) is 3.03. The van der Waals surface area contributed by atoms with Gasteiger partial charge in [0.2, 0.25) is 5.91 Å². The van der Waals surface area contributed by atoms with Crippen molar-refractivity contribution in [2.75, 3.05) is 30.3 Å². The minimum Gasteiger partial charge on any atom is -0.494 e. The topological polar surface area (TPSA) is 79.5 Å². The molecule has 2 amide bonds. The summed E-state index contributed by atoms with van der Waals surface area (Å²) >= 11 is 0. The Kier molecular flexibility index (Phi) is 11.0. The highest BCUT2D eigenvalue weighted by molar-refractivity contribution is 5.96. The van der Waals surface area contributed by atoms with Crippen LogP contribution in [0.25, 0.3) is 0 Å². The number of carbonyl (C=O) groups is 2. The van der Waals surface area contributed by atoms with E-state index >= 15 is 0 Å². The third-order valence-corrected chi connectivity index (χ3v) is 4.77. The molecule has 0 aliphatic carbocycles. The van der Waals surface area contributed by atoms with Crippen molar-refractivity contribution in [1.82, 2.24) is 5.32 Å². The van der Waals surface area contributed by atoms with Gasteiger partial charge in [0.1, 0.15) is 5.75 Å². The van der Waals surface area contributed by atoms with E-state index in [1.807, 2.05) is 37.3 Å². The van der Waals surface area contributed by atoms with Crippen LogP contribution in [0.1, 0.15) is 62.7 Å². The summed E-state index contributed by atoms with van der Waals surface area (Å²) in [5.41, 5.74) is 2.01. The highest BCUT2D eigenvalue weighted by Gasteiger charge is 2.07. The second-order valence-electron chi connectivity index (χ2n) is 7.53. The molecule has 2 aromatic rings. The average Bonchev–Trinajstić information content (AvgIpc) is 2.79. The Morgan fingerprint density at radius 2 is 1.65 bits per heavy atom. The zero-order valence-electron chi connectivity index (χ0n) is 18.7. The molecule has 3 N–H and O–H groups in total. The number of hydrogen-bond acceptors (Lipinski definition) is 4. The zero-order valence-corrected chi connectivity index (χ0v) is 18.7. The molecular weight excluding hydrogens is 390 g/mol. The number of carbonyl (C=O) groups excluding carboxylic acids is 2. The number of benzene rings is 2. The van der Waals surface area contributed by atoms with E-state index in [9.17, 15) is 9.59 Å². The quantitative estimate of drug-likeness (QED) is 0.362. The van der Waals surface area contributed by atoms with Crippen molar-refractivity contribution in [2.45, 2.75) is 52.4 Å². The number of hydrogen-bond donors (Lipinski definition) is 3. The molecule has 0 bridgehead atoms. The normalized spacial score (nSPS) is 10.4. The average molecular weight is 426 g/mol. The molecule has 0 atom stereocenters. The molecule has 0 aliphatic heterocycles. The molecule has 168 valence electrons. The number of ether oxygens (including phenoxy) is 1. The molecule has 0 unspecified atom stereocenters. The van der Waals surface area contributed by atoms with Crippen LogP contribution in [0.15, 0.2) is 48.5 Å². The molecule has 0 spiro atoms. The summed E-state index contributed by atoms with van der Waals surface area (Å²) in [6.45, 7) is 5.68. The lowest BCUT2D eigenvalue weighted by Gasteiger charge is -2.10. The van der Waals surface area contributed by atoms with Crippen LogP contribution in [0.3, 0.4) is 0 Å². The summed E-state index contributed by atoms with van der Waals surface area (Å²) in [7, 11) is 0. The lowest BCUT2D eigenvalue weighted by molar-refractivity contribution is -0.114.